The predicted octanol–water partition coefficient (Wildman–Crippen LogP) is 5.57. The normalized spacial score (nSPS) is 15.0. The van der Waals surface area contributed by atoms with E-state index in [4.69, 9.17) is 4.98 Å². The molecule has 1 aliphatic rings. The third kappa shape index (κ3) is 2.64. The van der Waals surface area contributed by atoms with E-state index in [9.17, 15) is 4.79 Å². The number of benzene rings is 2. The fourth-order valence-electron chi connectivity index (χ4n) is 4.33. The molecular formula is C23H21N3O. The van der Waals surface area contributed by atoms with Gasteiger partial charge in [0.05, 0.1) is 16.6 Å². The fraction of sp³-hybridized carbons (Fsp3) is 0.261. The summed E-state index contributed by atoms with van der Waals surface area (Å²) in [5.41, 5.74) is 4.80. The number of nitrogens with zero attached hydrogens (tertiary/aromatic N) is 3. The number of carbonyl (C=O) groups is 1. The van der Waals surface area contributed by atoms with E-state index in [0.717, 1.165) is 33.3 Å². The molecule has 0 bridgehead atoms. The molecule has 0 saturated heterocycles. The Balaban J connectivity index is 1.82. The Bertz CT molecular complexity index is 1160. The molecule has 4 aromatic rings. The van der Waals surface area contributed by atoms with Gasteiger partial charge in [-0.25, -0.2) is 4.98 Å². The van der Waals surface area contributed by atoms with Gasteiger partial charge in [0.25, 0.3) is 0 Å². The van der Waals surface area contributed by atoms with Gasteiger partial charge in [-0.15, -0.1) is 0 Å². The summed E-state index contributed by atoms with van der Waals surface area (Å²) in [6, 6.07) is 16.6. The zero-order valence-corrected chi connectivity index (χ0v) is 15.4. The quantitative estimate of drug-likeness (QED) is 0.451. The minimum Gasteiger partial charge on any atom is -0.321 e. The van der Waals surface area contributed by atoms with E-state index in [1.807, 2.05) is 36.5 Å². The molecule has 0 amide bonds. The average molecular weight is 355 g/mol. The summed E-state index contributed by atoms with van der Waals surface area (Å²) in [7, 11) is 0. The first-order valence-electron chi connectivity index (χ1n) is 9.59. The lowest BCUT2D eigenvalue weighted by molar-refractivity contribution is 0.101. The molecule has 0 atom stereocenters. The lowest BCUT2D eigenvalue weighted by Gasteiger charge is -2.17. The van der Waals surface area contributed by atoms with E-state index in [1.54, 1.807) is 6.92 Å². The molecule has 0 radical (unpaired) electrons. The van der Waals surface area contributed by atoms with Crippen molar-refractivity contribution in [1.29, 1.82) is 0 Å². The molecule has 0 aliphatic heterocycles. The van der Waals surface area contributed by atoms with Gasteiger partial charge in [0.1, 0.15) is 5.82 Å². The van der Waals surface area contributed by atoms with Crippen molar-refractivity contribution in [3.05, 3.63) is 60.3 Å². The average Bonchev–Trinajstić information content (AvgIpc) is 3.34. The van der Waals surface area contributed by atoms with Crippen LogP contribution in [0.2, 0.25) is 0 Å². The summed E-state index contributed by atoms with van der Waals surface area (Å²) < 4.78 is 2.40. The number of hydrogen-bond acceptors (Lipinski definition) is 3. The third-order valence-corrected chi connectivity index (χ3v) is 5.68. The van der Waals surface area contributed by atoms with Crippen LogP contribution in [0.25, 0.3) is 33.3 Å². The van der Waals surface area contributed by atoms with Gasteiger partial charge >= 0.3 is 0 Å². The Kier molecular flexibility index (Phi) is 3.78. The molecule has 27 heavy (non-hydrogen) atoms. The highest BCUT2D eigenvalue weighted by molar-refractivity contribution is 5.99. The van der Waals surface area contributed by atoms with Crippen LogP contribution < -0.4 is 0 Å². The van der Waals surface area contributed by atoms with E-state index in [1.165, 1.54) is 25.7 Å². The number of ketones is 1. The fourth-order valence-corrected chi connectivity index (χ4v) is 4.33. The van der Waals surface area contributed by atoms with Crippen LogP contribution >= 0.6 is 0 Å². The van der Waals surface area contributed by atoms with Gasteiger partial charge in [0, 0.05) is 28.8 Å². The van der Waals surface area contributed by atoms with Crippen LogP contribution in [0.4, 0.5) is 0 Å². The highest BCUT2D eigenvalue weighted by Gasteiger charge is 2.24. The first-order chi connectivity index (χ1) is 13.2. The first kappa shape index (κ1) is 16.2. The molecule has 4 heteroatoms. The number of hydrogen-bond donors (Lipinski definition) is 0. The number of carbonyl (C=O) groups excluding carboxylic acids is 1. The monoisotopic (exact) mass is 355 g/mol. The largest absolute Gasteiger partial charge is 0.321 e. The maximum absolute atomic E-state index is 11.8. The molecule has 2 aromatic heterocycles. The van der Waals surface area contributed by atoms with Crippen molar-refractivity contribution in [2.24, 2.45) is 0 Å². The Labute approximate surface area is 157 Å². The van der Waals surface area contributed by atoms with E-state index in [2.05, 4.69) is 27.8 Å². The van der Waals surface area contributed by atoms with Crippen molar-refractivity contribution < 1.29 is 4.79 Å². The highest BCUT2D eigenvalue weighted by atomic mass is 16.1. The van der Waals surface area contributed by atoms with Crippen molar-refractivity contribution >= 4 is 27.7 Å². The zero-order chi connectivity index (χ0) is 18.4. The topological polar surface area (TPSA) is 47.8 Å². The maximum Gasteiger partial charge on any atom is 0.159 e. The second-order valence-electron chi connectivity index (χ2n) is 7.38. The van der Waals surface area contributed by atoms with Crippen LogP contribution in [0.1, 0.15) is 49.0 Å². The van der Waals surface area contributed by atoms with Gasteiger partial charge in [0.2, 0.25) is 0 Å². The second kappa shape index (κ2) is 6.31. The summed E-state index contributed by atoms with van der Waals surface area (Å²) in [5.74, 6) is 1.06. The molecule has 1 fully saturated rings. The first-order valence-corrected chi connectivity index (χ1v) is 9.59. The van der Waals surface area contributed by atoms with Gasteiger partial charge in [-0.1, -0.05) is 31.0 Å². The van der Waals surface area contributed by atoms with Crippen molar-refractivity contribution in [2.75, 3.05) is 0 Å². The molecule has 0 spiro atoms. The van der Waals surface area contributed by atoms with E-state index in [0.29, 0.717) is 11.6 Å². The molecular weight excluding hydrogens is 334 g/mol. The Morgan fingerprint density at radius 3 is 2.67 bits per heavy atom. The SMILES string of the molecule is CC(=O)c1ccc2c(c1)nc(-c1ccnc3ccccc13)n2C1CCCC1. The van der Waals surface area contributed by atoms with Crippen molar-refractivity contribution in [1.82, 2.24) is 14.5 Å². The molecule has 0 N–H and O–H groups in total. The summed E-state index contributed by atoms with van der Waals surface area (Å²) in [6.07, 6.45) is 6.72. The third-order valence-electron chi connectivity index (χ3n) is 5.68. The molecule has 134 valence electrons. The number of imidazole rings is 1. The van der Waals surface area contributed by atoms with Gasteiger partial charge in [-0.3, -0.25) is 9.78 Å². The Morgan fingerprint density at radius 1 is 1.04 bits per heavy atom. The smallest absolute Gasteiger partial charge is 0.159 e. The zero-order valence-electron chi connectivity index (χ0n) is 15.4. The number of pyridine rings is 1. The molecule has 5 rings (SSSR count). The van der Waals surface area contributed by atoms with Crippen molar-refractivity contribution in [3.63, 3.8) is 0 Å². The summed E-state index contributed by atoms with van der Waals surface area (Å²) in [6.45, 7) is 1.60. The Hall–Kier alpha value is -3.01. The van der Waals surface area contributed by atoms with Crippen LogP contribution in [0.5, 0.6) is 0 Å². The highest BCUT2D eigenvalue weighted by Crippen LogP contribution is 2.38. The van der Waals surface area contributed by atoms with Gasteiger partial charge in [-0.2, -0.15) is 0 Å². The van der Waals surface area contributed by atoms with Gasteiger partial charge in [-0.05, 0) is 50.1 Å². The predicted molar refractivity (Wildman–Crippen MR) is 108 cm³/mol. The summed E-state index contributed by atoms with van der Waals surface area (Å²) >= 11 is 0. The van der Waals surface area contributed by atoms with Crippen LogP contribution in [0.3, 0.4) is 0 Å². The molecule has 2 heterocycles. The number of rotatable bonds is 3. The maximum atomic E-state index is 11.8. The van der Waals surface area contributed by atoms with Crippen molar-refractivity contribution in [2.45, 2.75) is 38.6 Å². The second-order valence-corrected chi connectivity index (χ2v) is 7.38. The number of fused-ring (bicyclic) bond motifs is 2. The number of aromatic nitrogens is 3. The van der Waals surface area contributed by atoms with Gasteiger partial charge in [0.15, 0.2) is 5.78 Å². The van der Waals surface area contributed by atoms with Crippen LogP contribution in [0.15, 0.2) is 54.7 Å². The minimum absolute atomic E-state index is 0.0724. The summed E-state index contributed by atoms with van der Waals surface area (Å²) in [4.78, 5) is 21.3. The standard InChI is InChI=1S/C23H21N3O/c1-15(27)16-10-11-22-21(14-16)25-23(26(22)17-6-2-3-7-17)19-12-13-24-20-9-5-4-8-18(19)20/h4-5,8-14,17H,2-3,6-7H2,1H3. The van der Waals surface area contributed by atoms with Crippen LogP contribution in [-0.2, 0) is 0 Å². The summed E-state index contributed by atoms with van der Waals surface area (Å²) in [5, 5.41) is 1.11. The van der Waals surface area contributed by atoms with Crippen LogP contribution in [-0.4, -0.2) is 20.3 Å². The lowest BCUT2D eigenvalue weighted by Crippen LogP contribution is -2.07. The number of para-hydroxylation sites is 1. The van der Waals surface area contributed by atoms with E-state index >= 15 is 0 Å². The van der Waals surface area contributed by atoms with Crippen molar-refractivity contribution in [3.8, 4) is 11.4 Å². The minimum atomic E-state index is 0.0724. The molecule has 2 aromatic carbocycles. The van der Waals surface area contributed by atoms with E-state index in [-0.39, 0.29) is 5.78 Å². The van der Waals surface area contributed by atoms with E-state index < -0.39 is 0 Å². The number of Topliss-reactive ketones (excluding diaryl/α,β-unsaturated/α-hetero) is 1. The Morgan fingerprint density at radius 2 is 1.85 bits per heavy atom. The molecule has 4 nitrogen and oxygen atoms in total. The lowest BCUT2D eigenvalue weighted by atomic mass is 10.1. The van der Waals surface area contributed by atoms with Gasteiger partial charge < -0.3 is 4.57 Å². The molecule has 1 aliphatic carbocycles. The molecule has 0 unspecified atom stereocenters. The van der Waals surface area contributed by atoms with Crippen LogP contribution in [0, 0.1) is 0 Å². The molecule has 1 saturated carbocycles.